The third kappa shape index (κ3) is 3.03. The third-order valence-corrected chi connectivity index (χ3v) is 4.56. The monoisotopic (exact) mass is 343 g/mol. The van der Waals surface area contributed by atoms with Crippen molar-refractivity contribution in [3.63, 3.8) is 0 Å². The summed E-state index contributed by atoms with van der Waals surface area (Å²) in [5, 5.41) is 3.11. The van der Waals surface area contributed by atoms with Gasteiger partial charge >= 0.3 is 0 Å². The number of benzene rings is 2. The van der Waals surface area contributed by atoms with Gasteiger partial charge in [-0.25, -0.2) is 0 Å². The molecule has 1 aliphatic carbocycles. The van der Waals surface area contributed by atoms with Gasteiger partial charge in [0.05, 0.1) is 0 Å². The molecule has 0 unspecified atom stereocenters. The van der Waals surface area contributed by atoms with E-state index in [2.05, 4.69) is 33.4 Å². The van der Waals surface area contributed by atoms with Gasteiger partial charge in [-0.3, -0.25) is 4.79 Å². The largest absolute Gasteiger partial charge is 0.325 e. The molecule has 0 aliphatic heterocycles. The van der Waals surface area contributed by atoms with Crippen LogP contribution in [0.15, 0.2) is 46.9 Å². The van der Waals surface area contributed by atoms with Crippen molar-refractivity contribution in [2.45, 2.75) is 26.2 Å². The van der Waals surface area contributed by atoms with Gasteiger partial charge in [0.25, 0.3) is 0 Å². The van der Waals surface area contributed by atoms with E-state index in [-0.39, 0.29) is 11.8 Å². The highest BCUT2D eigenvalue weighted by Gasteiger charge is 2.43. The summed E-state index contributed by atoms with van der Waals surface area (Å²) in [6, 6.07) is 14.4. The molecule has 2 nitrogen and oxygen atoms in total. The molecule has 2 aromatic rings. The van der Waals surface area contributed by atoms with Crippen molar-refractivity contribution in [3.05, 3.63) is 63.6 Å². The maximum Gasteiger partial charge on any atom is 0.228 e. The Labute approximate surface area is 133 Å². The topological polar surface area (TPSA) is 29.1 Å². The van der Waals surface area contributed by atoms with E-state index >= 15 is 0 Å². The van der Waals surface area contributed by atoms with Crippen LogP contribution in [0.25, 0.3) is 0 Å². The molecule has 1 N–H and O–H groups in total. The van der Waals surface area contributed by atoms with Gasteiger partial charge in [0, 0.05) is 16.1 Å². The molecule has 3 rings (SSSR count). The van der Waals surface area contributed by atoms with Gasteiger partial charge in [-0.1, -0.05) is 46.3 Å². The van der Waals surface area contributed by atoms with E-state index in [1.54, 1.807) is 0 Å². The lowest BCUT2D eigenvalue weighted by Crippen LogP contribution is -2.16. The minimum atomic E-state index is 0.106. The second-order valence-corrected chi connectivity index (χ2v) is 6.68. The average Bonchev–Trinajstić information content (AvgIpc) is 3.24. The number of hydrogen-bond acceptors (Lipinski definition) is 1. The summed E-state index contributed by atoms with van der Waals surface area (Å²) in [6.45, 7) is 4.05. The second kappa shape index (κ2) is 5.64. The Bertz CT molecular complexity index is 658. The fourth-order valence-electron chi connectivity index (χ4n) is 2.88. The standard InChI is InChI=1S/C18H18BrNO/c1-11-8-14(19)9-12(2)17(11)20-18(21)16-10-15(16)13-6-4-3-5-7-13/h3-9,15-16H,10H2,1-2H3,(H,20,21)/t15-,16-/m0/s1. The number of rotatable bonds is 3. The summed E-state index contributed by atoms with van der Waals surface area (Å²) in [6.07, 6.45) is 0.949. The Morgan fingerprint density at radius 2 is 1.76 bits per heavy atom. The van der Waals surface area contributed by atoms with E-state index in [0.29, 0.717) is 5.92 Å². The number of hydrogen-bond donors (Lipinski definition) is 1. The molecule has 2 aromatic carbocycles. The van der Waals surface area contributed by atoms with Crippen molar-refractivity contribution in [1.29, 1.82) is 0 Å². The Morgan fingerprint density at radius 3 is 2.38 bits per heavy atom. The molecule has 0 spiro atoms. The number of carbonyl (C=O) groups is 1. The van der Waals surface area contributed by atoms with Crippen molar-refractivity contribution in [1.82, 2.24) is 0 Å². The second-order valence-electron chi connectivity index (χ2n) is 5.76. The molecular weight excluding hydrogens is 326 g/mol. The Morgan fingerprint density at radius 1 is 1.14 bits per heavy atom. The lowest BCUT2D eigenvalue weighted by atomic mass is 10.1. The Balaban J connectivity index is 1.72. The van der Waals surface area contributed by atoms with E-state index < -0.39 is 0 Å². The van der Waals surface area contributed by atoms with Crippen LogP contribution < -0.4 is 5.32 Å². The van der Waals surface area contributed by atoms with Gasteiger partial charge in [-0.2, -0.15) is 0 Å². The fourth-order valence-corrected chi connectivity index (χ4v) is 3.56. The summed E-state index contributed by atoms with van der Waals surface area (Å²) in [4.78, 5) is 12.4. The zero-order valence-corrected chi connectivity index (χ0v) is 13.8. The molecule has 1 fully saturated rings. The fraction of sp³-hybridized carbons (Fsp3) is 0.278. The maximum absolute atomic E-state index is 12.4. The van der Waals surface area contributed by atoms with Crippen molar-refractivity contribution in [2.24, 2.45) is 5.92 Å². The minimum Gasteiger partial charge on any atom is -0.325 e. The van der Waals surface area contributed by atoms with Crippen LogP contribution >= 0.6 is 15.9 Å². The first-order valence-corrected chi connectivity index (χ1v) is 7.98. The third-order valence-electron chi connectivity index (χ3n) is 4.10. The Kier molecular flexibility index (Phi) is 3.85. The van der Waals surface area contributed by atoms with E-state index in [0.717, 1.165) is 27.7 Å². The van der Waals surface area contributed by atoms with E-state index in [1.807, 2.05) is 44.2 Å². The van der Waals surface area contributed by atoms with Gasteiger partial charge in [-0.15, -0.1) is 0 Å². The van der Waals surface area contributed by atoms with Crippen LogP contribution in [0, 0.1) is 19.8 Å². The van der Waals surface area contributed by atoms with Crippen LogP contribution in [-0.4, -0.2) is 5.91 Å². The Hall–Kier alpha value is -1.61. The van der Waals surface area contributed by atoms with Crippen LogP contribution in [0.2, 0.25) is 0 Å². The first-order chi connectivity index (χ1) is 10.1. The van der Waals surface area contributed by atoms with Crippen LogP contribution in [0.4, 0.5) is 5.69 Å². The van der Waals surface area contributed by atoms with Crippen molar-refractivity contribution in [2.75, 3.05) is 5.32 Å². The zero-order chi connectivity index (χ0) is 15.0. The van der Waals surface area contributed by atoms with Crippen LogP contribution in [0.3, 0.4) is 0 Å². The maximum atomic E-state index is 12.4. The molecule has 108 valence electrons. The smallest absolute Gasteiger partial charge is 0.228 e. The number of carbonyl (C=O) groups excluding carboxylic acids is 1. The molecule has 0 aromatic heterocycles. The van der Waals surface area contributed by atoms with Crippen LogP contribution in [0.5, 0.6) is 0 Å². The van der Waals surface area contributed by atoms with Crippen molar-refractivity contribution in [3.8, 4) is 0 Å². The molecule has 21 heavy (non-hydrogen) atoms. The first kappa shape index (κ1) is 14.3. The number of amides is 1. The molecule has 2 atom stereocenters. The van der Waals surface area contributed by atoms with Crippen LogP contribution in [0.1, 0.15) is 29.0 Å². The zero-order valence-electron chi connectivity index (χ0n) is 12.2. The van der Waals surface area contributed by atoms with Gasteiger partial charge in [0.1, 0.15) is 0 Å². The van der Waals surface area contributed by atoms with Crippen molar-refractivity contribution < 1.29 is 4.79 Å². The van der Waals surface area contributed by atoms with Gasteiger partial charge in [-0.05, 0) is 55.0 Å². The molecule has 0 bridgehead atoms. The average molecular weight is 344 g/mol. The number of anilines is 1. The quantitative estimate of drug-likeness (QED) is 0.851. The predicted molar refractivity (Wildman–Crippen MR) is 89.5 cm³/mol. The number of nitrogens with one attached hydrogen (secondary N) is 1. The van der Waals surface area contributed by atoms with E-state index in [1.165, 1.54) is 5.56 Å². The molecule has 3 heteroatoms. The highest BCUT2D eigenvalue weighted by atomic mass is 79.9. The molecule has 1 saturated carbocycles. The van der Waals surface area contributed by atoms with Gasteiger partial charge < -0.3 is 5.32 Å². The molecule has 1 amide bonds. The highest BCUT2D eigenvalue weighted by molar-refractivity contribution is 9.10. The number of aryl methyl sites for hydroxylation is 2. The summed E-state index contributed by atoms with van der Waals surface area (Å²) >= 11 is 3.48. The van der Waals surface area contributed by atoms with Crippen molar-refractivity contribution >= 4 is 27.5 Å². The summed E-state index contributed by atoms with van der Waals surface area (Å²) < 4.78 is 1.05. The molecule has 0 saturated heterocycles. The van der Waals surface area contributed by atoms with Crippen LogP contribution in [-0.2, 0) is 4.79 Å². The molecular formula is C18H18BrNO. The van der Waals surface area contributed by atoms with Gasteiger partial charge in [0.15, 0.2) is 0 Å². The summed E-state index contributed by atoms with van der Waals surface area (Å²) in [5.41, 5.74) is 4.39. The summed E-state index contributed by atoms with van der Waals surface area (Å²) in [7, 11) is 0. The lowest BCUT2D eigenvalue weighted by Gasteiger charge is -2.12. The molecule has 0 radical (unpaired) electrons. The summed E-state index contributed by atoms with van der Waals surface area (Å²) in [5.74, 6) is 0.620. The normalized spacial score (nSPS) is 20.1. The molecule has 0 heterocycles. The lowest BCUT2D eigenvalue weighted by molar-refractivity contribution is -0.117. The predicted octanol–water partition coefficient (Wildman–Crippen LogP) is 4.81. The van der Waals surface area contributed by atoms with E-state index in [4.69, 9.17) is 0 Å². The van der Waals surface area contributed by atoms with E-state index in [9.17, 15) is 4.79 Å². The number of halogens is 1. The first-order valence-electron chi connectivity index (χ1n) is 7.19. The minimum absolute atomic E-state index is 0.106. The SMILES string of the molecule is Cc1cc(Br)cc(C)c1NC(=O)[C@H]1C[C@H]1c1ccccc1. The highest BCUT2D eigenvalue weighted by Crippen LogP contribution is 2.48. The molecule has 1 aliphatic rings. The van der Waals surface area contributed by atoms with Gasteiger partial charge in [0.2, 0.25) is 5.91 Å².